The van der Waals surface area contributed by atoms with E-state index in [1.54, 1.807) is 24.3 Å². The molecule has 0 radical (unpaired) electrons. The quantitative estimate of drug-likeness (QED) is 0.820. The Morgan fingerprint density at radius 1 is 1.41 bits per heavy atom. The summed E-state index contributed by atoms with van der Waals surface area (Å²) in [6.07, 6.45) is 3.10. The minimum Gasteiger partial charge on any atom is -0.348 e. The smallest absolute Gasteiger partial charge is 0.251 e. The molecular formula is C13H19ClN2O. The first-order chi connectivity index (χ1) is 8.17. The molecule has 0 aliphatic carbocycles. The number of carbonyl (C=O) groups is 1. The summed E-state index contributed by atoms with van der Waals surface area (Å²) < 4.78 is 0. The molecule has 1 unspecified atom stereocenters. The van der Waals surface area contributed by atoms with Crippen LogP contribution in [0.15, 0.2) is 24.3 Å². The highest BCUT2D eigenvalue weighted by Crippen LogP contribution is 2.10. The molecule has 0 aliphatic rings. The molecule has 3 nitrogen and oxygen atoms in total. The zero-order valence-corrected chi connectivity index (χ0v) is 10.8. The number of hydrogen-bond acceptors (Lipinski definition) is 2. The molecule has 0 fully saturated rings. The Morgan fingerprint density at radius 3 is 2.59 bits per heavy atom. The van der Waals surface area contributed by atoms with Gasteiger partial charge in [-0.3, -0.25) is 4.79 Å². The molecule has 4 heteroatoms. The van der Waals surface area contributed by atoms with Crippen LogP contribution in [0, 0.1) is 0 Å². The lowest BCUT2D eigenvalue weighted by molar-refractivity contribution is 0.0936. The number of hydrogen-bond donors (Lipinski definition) is 2. The van der Waals surface area contributed by atoms with Gasteiger partial charge >= 0.3 is 0 Å². The lowest BCUT2D eigenvalue weighted by atomic mass is 10.1. The molecule has 3 N–H and O–H groups in total. The Hall–Kier alpha value is -1.06. The van der Waals surface area contributed by atoms with Crippen LogP contribution < -0.4 is 11.1 Å². The predicted molar refractivity (Wildman–Crippen MR) is 71.3 cm³/mol. The second kappa shape index (κ2) is 7.30. The Kier molecular flexibility index (Phi) is 6.01. The number of amides is 1. The fraction of sp³-hybridized carbons (Fsp3) is 0.462. The lowest BCUT2D eigenvalue weighted by Crippen LogP contribution is -2.40. The van der Waals surface area contributed by atoms with Crippen LogP contribution in [-0.2, 0) is 0 Å². The van der Waals surface area contributed by atoms with Crippen LogP contribution in [0.2, 0.25) is 5.02 Å². The standard InChI is InChI=1S/C13H19ClN2O/c1-2-3-4-12(9-15)16-13(17)10-5-7-11(14)8-6-10/h5-8,12H,2-4,9,15H2,1H3,(H,16,17). The van der Waals surface area contributed by atoms with Gasteiger partial charge in [-0.15, -0.1) is 0 Å². The normalized spacial score (nSPS) is 12.2. The third kappa shape index (κ3) is 4.75. The summed E-state index contributed by atoms with van der Waals surface area (Å²) in [5.41, 5.74) is 6.24. The van der Waals surface area contributed by atoms with E-state index >= 15 is 0 Å². The van der Waals surface area contributed by atoms with Crippen molar-refractivity contribution in [1.29, 1.82) is 0 Å². The summed E-state index contributed by atoms with van der Waals surface area (Å²) in [7, 11) is 0. The number of benzene rings is 1. The number of rotatable bonds is 6. The molecule has 0 saturated heterocycles. The van der Waals surface area contributed by atoms with Gasteiger partial charge in [0, 0.05) is 23.2 Å². The summed E-state index contributed by atoms with van der Waals surface area (Å²) in [6.45, 7) is 2.59. The Labute approximate surface area is 107 Å². The van der Waals surface area contributed by atoms with Crippen LogP contribution in [-0.4, -0.2) is 18.5 Å². The average molecular weight is 255 g/mol. The number of nitrogens with two attached hydrogens (primary N) is 1. The van der Waals surface area contributed by atoms with E-state index in [0.29, 0.717) is 17.1 Å². The Morgan fingerprint density at radius 2 is 2.06 bits per heavy atom. The third-order valence-corrected chi connectivity index (χ3v) is 2.88. The van der Waals surface area contributed by atoms with Crippen molar-refractivity contribution in [3.8, 4) is 0 Å². The molecule has 0 saturated carbocycles. The van der Waals surface area contributed by atoms with Gasteiger partial charge in [-0.25, -0.2) is 0 Å². The van der Waals surface area contributed by atoms with E-state index in [1.165, 1.54) is 0 Å². The van der Waals surface area contributed by atoms with Gasteiger partial charge in [0.05, 0.1) is 0 Å². The topological polar surface area (TPSA) is 55.1 Å². The molecule has 1 rings (SSSR count). The van der Waals surface area contributed by atoms with Crippen LogP contribution in [0.5, 0.6) is 0 Å². The number of carbonyl (C=O) groups excluding carboxylic acids is 1. The highest BCUT2D eigenvalue weighted by atomic mass is 35.5. The lowest BCUT2D eigenvalue weighted by Gasteiger charge is -2.16. The summed E-state index contributed by atoms with van der Waals surface area (Å²) in [5, 5.41) is 3.56. The molecule has 0 heterocycles. The minimum atomic E-state index is -0.0896. The zero-order valence-electron chi connectivity index (χ0n) is 10.1. The van der Waals surface area contributed by atoms with Crippen LogP contribution in [0.4, 0.5) is 0 Å². The first-order valence-corrected chi connectivity index (χ1v) is 6.31. The summed E-state index contributed by atoms with van der Waals surface area (Å²) in [5.74, 6) is -0.0896. The van der Waals surface area contributed by atoms with Crippen LogP contribution in [0.3, 0.4) is 0 Å². The third-order valence-electron chi connectivity index (χ3n) is 2.63. The highest BCUT2D eigenvalue weighted by Gasteiger charge is 2.11. The van der Waals surface area contributed by atoms with Crippen molar-refractivity contribution in [2.45, 2.75) is 32.2 Å². The predicted octanol–water partition coefficient (Wildman–Crippen LogP) is 2.59. The maximum Gasteiger partial charge on any atom is 0.251 e. The van der Waals surface area contributed by atoms with E-state index in [2.05, 4.69) is 12.2 Å². The second-order valence-corrected chi connectivity index (χ2v) is 4.49. The fourth-order valence-corrected chi connectivity index (χ4v) is 1.70. The van der Waals surface area contributed by atoms with Gasteiger partial charge in [-0.1, -0.05) is 31.4 Å². The zero-order chi connectivity index (χ0) is 12.7. The molecule has 0 aromatic heterocycles. The first kappa shape index (κ1) is 14.0. The summed E-state index contributed by atoms with van der Waals surface area (Å²) in [6, 6.07) is 6.90. The van der Waals surface area contributed by atoms with Gasteiger partial charge in [0.1, 0.15) is 0 Å². The van der Waals surface area contributed by atoms with Crippen LogP contribution in [0.25, 0.3) is 0 Å². The van der Waals surface area contributed by atoms with Gasteiger partial charge in [-0.05, 0) is 30.7 Å². The van der Waals surface area contributed by atoms with E-state index in [-0.39, 0.29) is 11.9 Å². The van der Waals surface area contributed by atoms with E-state index < -0.39 is 0 Å². The van der Waals surface area contributed by atoms with E-state index in [4.69, 9.17) is 17.3 Å². The SMILES string of the molecule is CCCCC(CN)NC(=O)c1ccc(Cl)cc1. The van der Waals surface area contributed by atoms with Gasteiger partial charge in [0.25, 0.3) is 5.91 Å². The van der Waals surface area contributed by atoms with Crippen molar-refractivity contribution >= 4 is 17.5 Å². The maximum atomic E-state index is 11.9. The monoisotopic (exact) mass is 254 g/mol. The van der Waals surface area contributed by atoms with Crippen LogP contribution >= 0.6 is 11.6 Å². The van der Waals surface area contributed by atoms with Gasteiger partial charge in [-0.2, -0.15) is 0 Å². The highest BCUT2D eigenvalue weighted by molar-refractivity contribution is 6.30. The molecule has 0 bridgehead atoms. The van der Waals surface area contributed by atoms with Gasteiger partial charge in [0.15, 0.2) is 0 Å². The van der Waals surface area contributed by atoms with Crippen molar-refractivity contribution in [1.82, 2.24) is 5.32 Å². The van der Waals surface area contributed by atoms with Crippen molar-refractivity contribution < 1.29 is 4.79 Å². The number of nitrogens with one attached hydrogen (secondary N) is 1. The van der Waals surface area contributed by atoms with E-state index in [9.17, 15) is 4.79 Å². The van der Waals surface area contributed by atoms with E-state index in [0.717, 1.165) is 19.3 Å². The summed E-state index contributed by atoms with van der Waals surface area (Å²) in [4.78, 5) is 11.9. The summed E-state index contributed by atoms with van der Waals surface area (Å²) >= 11 is 5.77. The van der Waals surface area contributed by atoms with Crippen molar-refractivity contribution in [3.05, 3.63) is 34.9 Å². The van der Waals surface area contributed by atoms with Gasteiger partial charge in [0.2, 0.25) is 0 Å². The first-order valence-electron chi connectivity index (χ1n) is 5.94. The molecule has 0 spiro atoms. The molecule has 1 amide bonds. The molecule has 17 heavy (non-hydrogen) atoms. The number of unbranched alkanes of at least 4 members (excludes halogenated alkanes) is 1. The largest absolute Gasteiger partial charge is 0.348 e. The maximum absolute atomic E-state index is 11.9. The van der Waals surface area contributed by atoms with Crippen molar-refractivity contribution in [2.75, 3.05) is 6.54 Å². The Balaban J connectivity index is 2.54. The van der Waals surface area contributed by atoms with Crippen LogP contribution in [0.1, 0.15) is 36.5 Å². The second-order valence-electron chi connectivity index (χ2n) is 4.06. The van der Waals surface area contributed by atoms with Gasteiger partial charge < -0.3 is 11.1 Å². The van der Waals surface area contributed by atoms with Crippen molar-refractivity contribution in [3.63, 3.8) is 0 Å². The molecular weight excluding hydrogens is 236 g/mol. The minimum absolute atomic E-state index is 0.0538. The van der Waals surface area contributed by atoms with Crippen molar-refractivity contribution in [2.24, 2.45) is 5.73 Å². The Bertz CT molecular complexity index is 351. The van der Waals surface area contributed by atoms with E-state index in [1.807, 2.05) is 0 Å². The number of halogens is 1. The molecule has 94 valence electrons. The molecule has 0 aliphatic heterocycles. The molecule has 1 aromatic rings. The average Bonchev–Trinajstić information content (AvgIpc) is 2.35. The fourth-order valence-electron chi connectivity index (χ4n) is 1.57. The molecule has 1 atom stereocenters. The molecule has 1 aromatic carbocycles.